The first kappa shape index (κ1) is 10.8. The molecule has 0 radical (unpaired) electrons. The van der Waals surface area contributed by atoms with Gasteiger partial charge in [-0.05, 0) is 41.0 Å². The van der Waals surface area contributed by atoms with E-state index in [9.17, 15) is 4.39 Å². The molecule has 2 aromatic rings. The lowest BCUT2D eigenvalue weighted by atomic mass is 10.0. The molecular formula is C13H9ClFN. The van der Waals surface area contributed by atoms with Crippen LogP contribution < -0.4 is 0 Å². The number of pyridine rings is 1. The number of rotatable bonds is 2. The van der Waals surface area contributed by atoms with Gasteiger partial charge in [-0.25, -0.2) is 9.37 Å². The minimum Gasteiger partial charge on any atom is -0.245 e. The van der Waals surface area contributed by atoms with Crippen molar-refractivity contribution in [1.82, 2.24) is 4.98 Å². The van der Waals surface area contributed by atoms with Crippen molar-refractivity contribution in [3.8, 4) is 0 Å². The van der Waals surface area contributed by atoms with Gasteiger partial charge in [-0.1, -0.05) is 30.3 Å². The molecule has 0 saturated carbocycles. The second-order valence-electron chi connectivity index (χ2n) is 3.35. The quantitative estimate of drug-likeness (QED) is 0.716. The van der Waals surface area contributed by atoms with Crippen LogP contribution >= 0.6 is 11.6 Å². The zero-order valence-electron chi connectivity index (χ0n) is 8.45. The zero-order valence-corrected chi connectivity index (χ0v) is 9.21. The zero-order chi connectivity index (χ0) is 11.5. The highest BCUT2D eigenvalue weighted by atomic mass is 35.5. The summed E-state index contributed by atoms with van der Waals surface area (Å²) in [5, 5.41) is 0.417. The SMILES string of the molecule is C=C(c1ccc(F)cc1)c1ccnc(Cl)c1. The van der Waals surface area contributed by atoms with Crippen molar-refractivity contribution in [2.24, 2.45) is 0 Å². The van der Waals surface area contributed by atoms with Crippen molar-refractivity contribution in [3.63, 3.8) is 0 Å². The highest BCUT2D eigenvalue weighted by Gasteiger charge is 2.03. The van der Waals surface area contributed by atoms with E-state index in [1.807, 2.05) is 6.07 Å². The lowest BCUT2D eigenvalue weighted by Gasteiger charge is -2.06. The molecular weight excluding hydrogens is 225 g/mol. The molecule has 0 aliphatic heterocycles. The fourth-order valence-corrected chi connectivity index (χ4v) is 1.58. The fourth-order valence-electron chi connectivity index (χ4n) is 1.41. The Balaban J connectivity index is 2.35. The summed E-state index contributed by atoms with van der Waals surface area (Å²) in [5.41, 5.74) is 2.54. The van der Waals surface area contributed by atoms with Crippen LogP contribution in [0.5, 0.6) is 0 Å². The van der Waals surface area contributed by atoms with Crippen LogP contribution in [0.15, 0.2) is 49.2 Å². The van der Waals surface area contributed by atoms with E-state index in [0.717, 1.165) is 16.7 Å². The van der Waals surface area contributed by atoms with E-state index >= 15 is 0 Å². The standard InChI is InChI=1S/C13H9ClFN/c1-9(10-2-4-12(15)5-3-10)11-6-7-16-13(14)8-11/h2-8H,1H2. The van der Waals surface area contributed by atoms with E-state index in [4.69, 9.17) is 11.6 Å². The molecule has 0 bridgehead atoms. The van der Waals surface area contributed by atoms with E-state index in [1.165, 1.54) is 12.1 Å². The van der Waals surface area contributed by atoms with Crippen molar-refractivity contribution < 1.29 is 4.39 Å². The van der Waals surface area contributed by atoms with Crippen molar-refractivity contribution >= 4 is 17.2 Å². The second-order valence-corrected chi connectivity index (χ2v) is 3.74. The van der Waals surface area contributed by atoms with Gasteiger partial charge in [0, 0.05) is 6.20 Å². The van der Waals surface area contributed by atoms with Crippen LogP contribution in [0.3, 0.4) is 0 Å². The number of nitrogens with zero attached hydrogens (tertiary/aromatic N) is 1. The van der Waals surface area contributed by atoms with Gasteiger partial charge in [0.25, 0.3) is 0 Å². The van der Waals surface area contributed by atoms with E-state index < -0.39 is 0 Å². The lowest BCUT2D eigenvalue weighted by molar-refractivity contribution is 0.627. The molecule has 0 saturated heterocycles. The van der Waals surface area contributed by atoms with Gasteiger partial charge >= 0.3 is 0 Å². The summed E-state index contributed by atoms with van der Waals surface area (Å²) in [6.45, 7) is 3.96. The molecule has 3 heteroatoms. The van der Waals surface area contributed by atoms with Crippen molar-refractivity contribution in [2.45, 2.75) is 0 Å². The summed E-state index contributed by atoms with van der Waals surface area (Å²) < 4.78 is 12.8. The molecule has 0 unspecified atom stereocenters. The average molecular weight is 234 g/mol. The molecule has 1 aromatic heterocycles. The van der Waals surface area contributed by atoms with Gasteiger partial charge in [0.1, 0.15) is 11.0 Å². The van der Waals surface area contributed by atoms with E-state index in [-0.39, 0.29) is 5.82 Å². The highest BCUT2D eigenvalue weighted by Crippen LogP contribution is 2.22. The Bertz CT molecular complexity index is 520. The molecule has 0 N–H and O–H groups in total. The molecule has 0 aliphatic rings. The Labute approximate surface area is 98.2 Å². The first-order chi connectivity index (χ1) is 7.66. The number of benzene rings is 1. The molecule has 1 nitrogen and oxygen atoms in total. The molecule has 0 fully saturated rings. The first-order valence-electron chi connectivity index (χ1n) is 4.73. The summed E-state index contributed by atoms with van der Waals surface area (Å²) in [7, 11) is 0. The molecule has 0 aliphatic carbocycles. The molecule has 1 aromatic carbocycles. The summed E-state index contributed by atoms with van der Waals surface area (Å²) in [4.78, 5) is 3.89. The van der Waals surface area contributed by atoms with Gasteiger partial charge in [0.2, 0.25) is 0 Å². The van der Waals surface area contributed by atoms with Crippen LogP contribution in [0.1, 0.15) is 11.1 Å². The van der Waals surface area contributed by atoms with Crippen molar-refractivity contribution in [1.29, 1.82) is 0 Å². The maximum absolute atomic E-state index is 12.8. The Morgan fingerprint density at radius 2 is 1.81 bits per heavy atom. The predicted octanol–water partition coefficient (Wildman–Crippen LogP) is 3.94. The third kappa shape index (κ3) is 2.28. The van der Waals surface area contributed by atoms with Gasteiger partial charge in [-0.3, -0.25) is 0 Å². The van der Waals surface area contributed by atoms with Gasteiger partial charge in [0.15, 0.2) is 0 Å². The number of aromatic nitrogens is 1. The number of hydrogen-bond acceptors (Lipinski definition) is 1. The third-order valence-electron chi connectivity index (χ3n) is 2.27. The average Bonchev–Trinajstić information content (AvgIpc) is 2.29. The van der Waals surface area contributed by atoms with Gasteiger partial charge < -0.3 is 0 Å². The smallest absolute Gasteiger partial charge is 0.129 e. The Hall–Kier alpha value is -1.67. The predicted molar refractivity (Wildman–Crippen MR) is 63.8 cm³/mol. The van der Waals surface area contributed by atoms with Gasteiger partial charge in [0.05, 0.1) is 0 Å². The molecule has 0 amide bonds. The first-order valence-corrected chi connectivity index (χ1v) is 5.11. The minimum atomic E-state index is -0.260. The van der Waals surface area contributed by atoms with Crippen LogP contribution in [-0.2, 0) is 0 Å². The van der Waals surface area contributed by atoms with Crippen LogP contribution in [-0.4, -0.2) is 4.98 Å². The molecule has 1 heterocycles. The fraction of sp³-hybridized carbons (Fsp3) is 0. The van der Waals surface area contributed by atoms with Crippen LogP contribution in [0.4, 0.5) is 4.39 Å². The highest BCUT2D eigenvalue weighted by molar-refractivity contribution is 6.29. The van der Waals surface area contributed by atoms with Crippen molar-refractivity contribution in [3.05, 3.63) is 71.3 Å². The molecule has 0 spiro atoms. The maximum atomic E-state index is 12.8. The largest absolute Gasteiger partial charge is 0.245 e. The van der Waals surface area contributed by atoms with E-state index in [1.54, 1.807) is 24.4 Å². The Kier molecular flexibility index (Phi) is 3.02. The minimum absolute atomic E-state index is 0.260. The molecule has 2 rings (SSSR count). The van der Waals surface area contributed by atoms with E-state index in [2.05, 4.69) is 11.6 Å². The maximum Gasteiger partial charge on any atom is 0.129 e. The van der Waals surface area contributed by atoms with Crippen molar-refractivity contribution in [2.75, 3.05) is 0 Å². The van der Waals surface area contributed by atoms with Crippen LogP contribution in [0.25, 0.3) is 5.57 Å². The summed E-state index contributed by atoms with van der Waals surface area (Å²) in [6.07, 6.45) is 1.62. The second kappa shape index (κ2) is 4.45. The van der Waals surface area contributed by atoms with Crippen LogP contribution in [0, 0.1) is 5.82 Å². The molecule has 16 heavy (non-hydrogen) atoms. The van der Waals surface area contributed by atoms with Crippen LogP contribution in [0.2, 0.25) is 5.15 Å². The number of hydrogen-bond donors (Lipinski definition) is 0. The normalized spacial score (nSPS) is 10.1. The molecule has 80 valence electrons. The number of halogens is 2. The van der Waals surface area contributed by atoms with Gasteiger partial charge in [-0.15, -0.1) is 0 Å². The lowest BCUT2D eigenvalue weighted by Crippen LogP contribution is -1.87. The monoisotopic (exact) mass is 233 g/mol. The summed E-state index contributed by atoms with van der Waals surface area (Å²) in [6, 6.07) is 9.73. The topological polar surface area (TPSA) is 12.9 Å². The van der Waals surface area contributed by atoms with E-state index in [0.29, 0.717) is 5.15 Å². The van der Waals surface area contributed by atoms with Gasteiger partial charge in [-0.2, -0.15) is 0 Å². The molecule has 0 atom stereocenters. The Morgan fingerprint density at radius 3 is 2.44 bits per heavy atom. The summed E-state index contributed by atoms with van der Waals surface area (Å²) >= 11 is 5.79. The third-order valence-corrected chi connectivity index (χ3v) is 2.47. The Morgan fingerprint density at radius 1 is 1.12 bits per heavy atom. The summed E-state index contributed by atoms with van der Waals surface area (Å²) in [5.74, 6) is -0.260.